The summed E-state index contributed by atoms with van der Waals surface area (Å²) in [6, 6.07) is 69.6. The zero-order valence-electron chi connectivity index (χ0n) is 41.9. The first-order valence-corrected chi connectivity index (χ1v) is 25.3. The van der Waals surface area contributed by atoms with Crippen molar-refractivity contribution in [3.63, 3.8) is 0 Å². The molecule has 0 fully saturated rings. The Bertz CT molecular complexity index is 4430. The van der Waals surface area contributed by atoms with Gasteiger partial charge in [0.25, 0.3) is 0 Å². The second-order valence-corrected chi connectivity index (χ2v) is 19.6. The van der Waals surface area contributed by atoms with E-state index in [0.717, 1.165) is 67.9 Å². The summed E-state index contributed by atoms with van der Waals surface area (Å²) in [6.07, 6.45) is -9.17. The molecule has 0 atom stereocenters. The van der Waals surface area contributed by atoms with Gasteiger partial charge in [-0.15, -0.1) is 0 Å². The molecule has 3 aromatic heterocycles. The van der Waals surface area contributed by atoms with Gasteiger partial charge >= 0.3 is 12.4 Å². The Kier molecular flexibility index (Phi) is 11.5. The molecule has 5 nitrogen and oxygen atoms in total. The first-order valence-electron chi connectivity index (χ1n) is 25.3. The second kappa shape index (κ2) is 18.6. The van der Waals surface area contributed by atoms with Crippen LogP contribution in [-0.4, -0.2) is 24.1 Å². The van der Waals surface area contributed by atoms with E-state index in [2.05, 4.69) is 63.7 Å². The van der Waals surface area contributed by atoms with Gasteiger partial charge in [-0.1, -0.05) is 145 Å². The fraction of sp³-hybridized carbons (Fsp3) is 0.0597. The molecular formula is C67H43F6N5. The summed E-state index contributed by atoms with van der Waals surface area (Å²) in [6.45, 7) is 3.27. The molecule has 0 radical (unpaired) electrons. The number of aromatic nitrogens is 5. The van der Waals surface area contributed by atoms with Gasteiger partial charge in [-0.2, -0.15) is 26.3 Å². The molecule has 0 saturated heterocycles. The van der Waals surface area contributed by atoms with Crippen LogP contribution in [0.5, 0.6) is 0 Å². The summed E-state index contributed by atoms with van der Waals surface area (Å²) in [5, 5.41) is 3.46. The van der Waals surface area contributed by atoms with Gasteiger partial charge in [-0.3, -0.25) is 0 Å². The minimum atomic E-state index is -4.64. The van der Waals surface area contributed by atoms with Crippen molar-refractivity contribution in [2.75, 3.05) is 0 Å². The Labute approximate surface area is 444 Å². The van der Waals surface area contributed by atoms with Gasteiger partial charge in [-0.05, 0) is 138 Å². The number of alkyl halides is 6. The third-order valence-electron chi connectivity index (χ3n) is 14.6. The van der Waals surface area contributed by atoms with E-state index in [9.17, 15) is 26.3 Å². The summed E-state index contributed by atoms with van der Waals surface area (Å²) in [5.41, 5.74) is 10.2. The smallest absolute Gasteiger partial charge is 0.309 e. The Morgan fingerprint density at radius 1 is 0.333 bits per heavy atom. The molecule has 0 N–H and O–H groups in total. The van der Waals surface area contributed by atoms with Crippen molar-refractivity contribution in [2.24, 2.45) is 0 Å². The van der Waals surface area contributed by atoms with E-state index in [1.807, 2.05) is 121 Å². The van der Waals surface area contributed by atoms with Crippen LogP contribution in [0.1, 0.15) is 22.3 Å². The van der Waals surface area contributed by atoms with E-state index >= 15 is 0 Å². The van der Waals surface area contributed by atoms with Crippen LogP contribution in [0.3, 0.4) is 0 Å². The highest BCUT2D eigenvalue weighted by molar-refractivity contribution is 6.13. The molecule has 0 amide bonds. The van der Waals surface area contributed by atoms with Gasteiger partial charge in [0, 0.05) is 43.9 Å². The Balaban J connectivity index is 1.09. The molecule has 0 saturated carbocycles. The highest BCUT2D eigenvalue weighted by Crippen LogP contribution is 2.45. The number of fused-ring (bicyclic) bond motifs is 6. The predicted octanol–water partition coefficient (Wildman–Crippen LogP) is 18.7. The topological polar surface area (TPSA) is 48.5 Å². The van der Waals surface area contributed by atoms with Gasteiger partial charge in [0.2, 0.25) is 0 Å². The van der Waals surface area contributed by atoms with Crippen molar-refractivity contribution in [3.05, 3.63) is 247 Å². The van der Waals surface area contributed by atoms with Gasteiger partial charge in [0.15, 0.2) is 17.5 Å². The van der Waals surface area contributed by atoms with E-state index in [1.54, 1.807) is 32.0 Å². The highest BCUT2D eigenvalue weighted by atomic mass is 19.4. The van der Waals surface area contributed by atoms with Gasteiger partial charge in [0.05, 0.1) is 38.9 Å². The van der Waals surface area contributed by atoms with Crippen LogP contribution in [0.2, 0.25) is 0 Å². The second-order valence-electron chi connectivity index (χ2n) is 19.6. The number of halogens is 6. The number of nitrogens with zero attached hydrogens (tertiary/aromatic N) is 5. The van der Waals surface area contributed by atoms with Gasteiger partial charge in [0.1, 0.15) is 0 Å². The lowest BCUT2D eigenvalue weighted by molar-refractivity contribution is -0.138. The number of benzene rings is 10. The number of para-hydroxylation sites is 2. The summed E-state index contributed by atoms with van der Waals surface area (Å²) < 4.78 is 90.7. The largest absolute Gasteiger partial charge is 0.417 e. The zero-order valence-corrected chi connectivity index (χ0v) is 41.9. The average Bonchev–Trinajstić information content (AvgIpc) is 4.18. The third-order valence-corrected chi connectivity index (χ3v) is 14.6. The number of hydrogen-bond donors (Lipinski definition) is 0. The molecule has 0 spiro atoms. The molecule has 3 heterocycles. The summed E-state index contributed by atoms with van der Waals surface area (Å²) >= 11 is 0. The summed E-state index contributed by atoms with van der Waals surface area (Å²) in [5.74, 6) is 1.28. The van der Waals surface area contributed by atoms with Gasteiger partial charge < -0.3 is 9.13 Å². The molecule has 0 aliphatic rings. The molecule has 13 rings (SSSR count). The molecule has 378 valence electrons. The lowest BCUT2D eigenvalue weighted by Gasteiger charge is -2.17. The van der Waals surface area contributed by atoms with Crippen molar-refractivity contribution < 1.29 is 26.3 Å². The quantitative estimate of drug-likeness (QED) is 0.143. The van der Waals surface area contributed by atoms with Crippen molar-refractivity contribution in [1.82, 2.24) is 24.1 Å². The predicted molar refractivity (Wildman–Crippen MR) is 301 cm³/mol. The van der Waals surface area contributed by atoms with E-state index in [0.29, 0.717) is 78.3 Å². The van der Waals surface area contributed by atoms with Crippen LogP contribution < -0.4 is 0 Å². The SMILES string of the molecule is Cc1ccc(-c2ccc3c(c2)c2cc(-c4ccc(C(F)(F)F)cc4C)ccc2n3-c2ccc(-c3ccc4c(c3)c3ccccc3n4-c3ccccc3)cc2-c2nc(-c3ccccc3)nc(-c3ccccc3)n2)c(C(F)(F)F)c1. The van der Waals surface area contributed by atoms with Crippen LogP contribution in [0.4, 0.5) is 26.3 Å². The fourth-order valence-electron chi connectivity index (χ4n) is 11.0. The lowest BCUT2D eigenvalue weighted by atomic mass is 9.95. The summed E-state index contributed by atoms with van der Waals surface area (Å²) in [7, 11) is 0. The molecule has 13 aromatic rings. The van der Waals surface area contributed by atoms with Crippen molar-refractivity contribution in [2.45, 2.75) is 26.2 Å². The van der Waals surface area contributed by atoms with E-state index in [4.69, 9.17) is 15.0 Å². The molecule has 0 aliphatic heterocycles. The zero-order chi connectivity index (χ0) is 53.5. The standard InChI is InChI=1S/C67H43F6N5/c1-40-22-28-51(57(34-40)67(71,72)73)47-26-33-61-55(39-47)54-38-46(50-29-27-48(35-41(50)2)66(68,69)70)25-32-60(54)78(61)62-31-24-45(44-23-30-59-53(36-44)52-20-12-13-21-58(52)77(59)49-18-10-5-11-19-49)37-56(62)65-75-63(42-14-6-3-7-15-42)74-64(76-65)43-16-8-4-9-17-43/h3-39H,1-2H3. The minimum Gasteiger partial charge on any atom is -0.309 e. The van der Waals surface area contributed by atoms with Gasteiger partial charge in [-0.25, -0.2) is 15.0 Å². The van der Waals surface area contributed by atoms with Crippen molar-refractivity contribution in [1.29, 1.82) is 0 Å². The molecule has 11 heteroatoms. The molecule has 10 aromatic carbocycles. The molecule has 0 aliphatic carbocycles. The Morgan fingerprint density at radius 2 is 0.821 bits per heavy atom. The number of rotatable bonds is 8. The average molecular weight is 1030 g/mol. The van der Waals surface area contributed by atoms with Crippen molar-refractivity contribution in [3.8, 4) is 78.9 Å². The third kappa shape index (κ3) is 8.44. The number of aryl methyl sites for hydroxylation is 2. The van der Waals surface area contributed by atoms with Crippen LogP contribution in [0.25, 0.3) is 123 Å². The molecule has 0 bridgehead atoms. The van der Waals surface area contributed by atoms with Crippen LogP contribution in [-0.2, 0) is 12.4 Å². The maximum Gasteiger partial charge on any atom is 0.417 e. The monoisotopic (exact) mass is 1030 g/mol. The maximum atomic E-state index is 14.8. The van der Waals surface area contributed by atoms with E-state index < -0.39 is 23.5 Å². The molecular weight excluding hydrogens is 989 g/mol. The lowest BCUT2D eigenvalue weighted by Crippen LogP contribution is -2.07. The maximum absolute atomic E-state index is 14.8. The normalized spacial score (nSPS) is 12.1. The van der Waals surface area contributed by atoms with E-state index in [-0.39, 0.29) is 5.56 Å². The first kappa shape index (κ1) is 48.1. The van der Waals surface area contributed by atoms with E-state index in [1.165, 1.54) is 12.1 Å². The Hall–Kier alpha value is -9.61. The highest BCUT2D eigenvalue weighted by Gasteiger charge is 2.34. The van der Waals surface area contributed by atoms with Crippen molar-refractivity contribution >= 4 is 43.6 Å². The fourth-order valence-corrected chi connectivity index (χ4v) is 11.0. The van der Waals surface area contributed by atoms with Crippen LogP contribution in [0.15, 0.2) is 224 Å². The molecule has 78 heavy (non-hydrogen) atoms. The first-order chi connectivity index (χ1) is 37.7. The Morgan fingerprint density at radius 3 is 1.44 bits per heavy atom. The molecule has 0 unspecified atom stereocenters. The summed E-state index contributed by atoms with van der Waals surface area (Å²) in [4.78, 5) is 15.5. The number of hydrogen-bond acceptors (Lipinski definition) is 3. The minimum absolute atomic E-state index is 0.0200. The van der Waals surface area contributed by atoms with Crippen LogP contribution in [0, 0.1) is 13.8 Å². The van der Waals surface area contributed by atoms with Crippen LogP contribution >= 0.6 is 0 Å².